The summed E-state index contributed by atoms with van der Waals surface area (Å²) in [4.78, 5) is 31.9. The van der Waals surface area contributed by atoms with Crippen LogP contribution in [0.2, 0.25) is 0 Å². The van der Waals surface area contributed by atoms with Crippen LogP contribution < -0.4 is 5.32 Å². The smallest absolute Gasteiger partial charge is 0.282 e. The normalized spacial score (nSPS) is 10.8. The number of rotatable bonds is 4. The average Bonchev–Trinajstić information content (AvgIpc) is 3.13. The van der Waals surface area contributed by atoms with Gasteiger partial charge in [0.05, 0.1) is 10.6 Å². The van der Waals surface area contributed by atoms with Crippen LogP contribution in [0.25, 0.3) is 17.0 Å². The first-order valence-corrected chi connectivity index (χ1v) is 8.48. The summed E-state index contributed by atoms with van der Waals surface area (Å²) >= 11 is 0. The summed E-state index contributed by atoms with van der Waals surface area (Å²) in [6, 6.07) is 13.2. The fraction of sp³-hybridized carbons (Fsp3) is 0.0500. The number of imidazole rings is 1. The quantitative estimate of drug-likeness (QED) is 0.432. The second-order valence-electron chi connectivity index (χ2n) is 6.21. The molecular formula is C20H15N5O3. The second-order valence-corrected chi connectivity index (χ2v) is 6.21. The first kappa shape index (κ1) is 17.3. The number of aromatic nitrogens is 3. The van der Waals surface area contributed by atoms with Gasteiger partial charge in [-0.25, -0.2) is 9.97 Å². The summed E-state index contributed by atoms with van der Waals surface area (Å²) in [6.45, 7) is 1.85. The van der Waals surface area contributed by atoms with Crippen LogP contribution >= 0.6 is 0 Å². The molecule has 0 atom stereocenters. The molecule has 2 aromatic carbocycles. The van der Waals surface area contributed by atoms with E-state index in [0.717, 1.165) is 11.1 Å². The van der Waals surface area contributed by atoms with E-state index in [9.17, 15) is 14.9 Å². The fourth-order valence-corrected chi connectivity index (χ4v) is 2.90. The van der Waals surface area contributed by atoms with Crippen molar-refractivity contribution in [3.05, 3.63) is 88.4 Å². The molecule has 1 N–H and O–H groups in total. The highest BCUT2D eigenvalue weighted by Gasteiger charge is 2.20. The van der Waals surface area contributed by atoms with Gasteiger partial charge in [0.15, 0.2) is 0 Å². The first-order valence-electron chi connectivity index (χ1n) is 8.48. The van der Waals surface area contributed by atoms with Crippen LogP contribution in [-0.4, -0.2) is 25.2 Å². The molecule has 0 spiro atoms. The zero-order valence-corrected chi connectivity index (χ0v) is 14.9. The maximum absolute atomic E-state index is 12.6. The number of anilines is 1. The number of amides is 1. The van der Waals surface area contributed by atoms with Crippen LogP contribution in [0.1, 0.15) is 15.9 Å². The Balaban J connectivity index is 1.68. The number of para-hydroxylation sites is 1. The van der Waals surface area contributed by atoms with Gasteiger partial charge in [0, 0.05) is 35.9 Å². The SMILES string of the molecule is Cc1ccc(-c2cn3cccnc3n2)cc1NC(=O)c1ccccc1[N+](=O)[O-]. The third-order valence-corrected chi connectivity index (χ3v) is 4.36. The van der Waals surface area contributed by atoms with Gasteiger partial charge in [-0.3, -0.25) is 19.3 Å². The minimum Gasteiger partial charge on any atom is -0.322 e. The Kier molecular flexibility index (Phi) is 4.29. The van der Waals surface area contributed by atoms with Crippen LogP contribution in [0.15, 0.2) is 67.1 Å². The van der Waals surface area contributed by atoms with Gasteiger partial charge in [0.1, 0.15) is 5.56 Å². The number of carbonyl (C=O) groups excluding carboxylic acids is 1. The number of hydrogen-bond acceptors (Lipinski definition) is 5. The van der Waals surface area contributed by atoms with E-state index in [-0.39, 0.29) is 11.3 Å². The monoisotopic (exact) mass is 373 g/mol. The molecular weight excluding hydrogens is 358 g/mol. The van der Waals surface area contributed by atoms with Crippen molar-refractivity contribution in [2.45, 2.75) is 6.92 Å². The zero-order valence-electron chi connectivity index (χ0n) is 14.9. The van der Waals surface area contributed by atoms with E-state index in [1.807, 2.05) is 37.5 Å². The topological polar surface area (TPSA) is 102 Å². The highest BCUT2D eigenvalue weighted by atomic mass is 16.6. The molecule has 28 heavy (non-hydrogen) atoms. The van der Waals surface area contributed by atoms with Crippen molar-refractivity contribution in [3.63, 3.8) is 0 Å². The Morgan fingerprint density at radius 1 is 1.18 bits per heavy atom. The molecule has 0 aliphatic heterocycles. The molecule has 4 rings (SSSR count). The lowest BCUT2D eigenvalue weighted by Gasteiger charge is -2.10. The molecule has 0 fully saturated rings. The third kappa shape index (κ3) is 3.18. The molecule has 1 amide bonds. The van der Waals surface area contributed by atoms with Crippen molar-refractivity contribution in [1.29, 1.82) is 0 Å². The Labute approximate surface area is 159 Å². The highest BCUT2D eigenvalue weighted by Crippen LogP contribution is 2.26. The molecule has 0 bridgehead atoms. The van der Waals surface area contributed by atoms with Crippen molar-refractivity contribution >= 4 is 23.1 Å². The van der Waals surface area contributed by atoms with Crippen molar-refractivity contribution in [2.75, 3.05) is 5.32 Å². The van der Waals surface area contributed by atoms with E-state index >= 15 is 0 Å². The molecule has 0 unspecified atom stereocenters. The number of nitrogens with one attached hydrogen (secondary N) is 1. The van der Waals surface area contributed by atoms with Gasteiger partial charge in [-0.2, -0.15) is 0 Å². The van der Waals surface area contributed by atoms with Crippen LogP contribution in [-0.2, 0) is 0 Å². The molecule has 138 valence electrons. The minimum absolute atomic E-state index is 0.00855. The Morgan fingerprint density at radius 2 is 2.00 bits per heavy atom. The molecule has 8 nitrogen and oxygen atoms in total. The van der Waals surface area contributed by atoms with E-state index in [1.165, 1.54) is 18.2 Å². The average molecular weight is 373 g/mol. The Hall–Kier alpha value is -4.07. The summed E-state index contributed by atoms with van der Waals surface area (Å²) in [5, 5.41) is 14.0. The minimum atomic E-state index is -0.568. The molecule has 2 heterocycles. The largest absolute Gasteiger partial charge is 0.322 e. The fourth-order valence-electron chi connectivity index (χ4n) is 2.90. The van der Waals surface area contributed by atoms with E-state index in [4.69, 9.17) is 0 Å². The van der Waals surface area contributed by atoms with Crippen LogP contribution in [0.4, 0.5) is 11.4 Å². The molecule has 0 aliphatic carbocycles. The maximum atomic E-state index is 12.6. The first-order chi connectivity index (χ1) is 13.5. The number of nitro benzene ring substituents is 1. The number of nitro groups is 1. The van der Waals surface area contributed by atoms with Crippen molar-refractivity contribution in [1.82, 2.24) is 14.4 Å². The standard InChI is InChI=1S/C20H15N5O3/c1-13-7-8-14(17-12-24-10-4-9-21-20(24)23-17)11-16(13)22-19(26)15-5-2-3-6-18(15)25(27)28/h2-12H,1H3,(H,22,26). The summed E-state index contributed by atoms with van der Waals surface area (Å²) in [5.41, 5.74) is 2.67. The lowest BCUT2D eigenvalue weighted by atomic mass is 10.1. The summed E-state index contributed by atoms with van der Waals surface area (Å²) in [6.07, 6.45) is 5.37. The van der Waals surface area contributed by atoms with Crippen LogP contribution in [0, 0.1) is 17.0 Å². The van der Waals surface area contributed by atoms with E-state index in [1.54, 1.807) is 22.7 Å². The van der Waals surface area contributed by atoms with Crippen molar-refractivity contribution in [3.8, 4) is 11.3 Å². The number of hydrogen-bond donors (Lipinski definition) is 1. The second kappa shape index (κ2) is 6.92. The maximum Gasteiger partial charge on any atom is 0.282 e. The number of aryl methyl sites for hydroxylation is 1. The van der Waals surface area contributed by atoms with Crippen molar-refractivity contribution < 1.29 is 9.72 Å². The number of fused-ring (bicyclic) bond motifs is 1. The Morgan fingerprint density at radius 3 is 2.79 bits per heavy atom. The van der Waals surface area contributed by atoms with Gasteiger partial charge in [-0.05, 0) is 30.7 Å². The van der Waals surface area contributed by atoms with E-state index in [0.29, 0.717) is 17.2 Å². The van der Waals surface area contributed by atoms with Crippen molar-refractivity contribution in [2.24, 2.45) is 0 Å². The summed E-state index contributed by atoms with van der Waals surface area (Å²) in [7, 11) is 0. The molecule has 0 aliphatic rings. The molecule has 0 saturated carbocycles. The Bertz CT molecular complexity index is 1180. The number of nitrogens with zero attached hydrogens (tertiary/aromatic N) is 4. The van der Waals surface area contributed by atoms with E-state index < -0.39 is 10.8 Å². The van der Waals surface area contributed by atoms with Gasteiger partial charge in [-0.1, -0.05) is 24.3 Å². The van der Waals surface area contributed by atoms with Gasteiger partial charge in [-0.15, -0.1) is 0 Å². The third-order valence-electron chi connectivity index (χ3n) is 4.36. The highest BCUT2D eigenvalue weighted by molar-refractivity contribution is 6.07. The molecule has 0 radical (unpaired) electrons. The van der Waals surface area contributed by atoms with Gasteiger partial charge in [0.2, 0.25) is 5.78 Å². The number of carbonyl (C=O) groups is 1. The van der Waals surface area contributed by atoms with Crippen LogP contribution in [0.5, 0.6) is 0 Å². The molecule has 8 heteroatoms. The summed E-state index contributed by atoms with van der Waals surface area (Å²) < 4.78 is 1.81. The summed E-state index contributed by atoms with van der Waals surface area (Å²) in [5.74, 6) is 0.0350. The van der Waals surface area contributed by atoms with E-state index in [2.05, 4.69) is 15.3 Å². The van der Waals surface area contributed by atoms with Gasteiger partial charge < -0.3 is 5.32 Å². The molecule has 2 aromatic heterocycles. The predicted octanol–water partition coefficient (Wildman–Crippen LogP) is 3.87. The molecule has 0 saturated heterocycles. The van der Waals surface area contributed by atoms with Crippen LogP contribution in [0.3, 0.4) is 0 Å². The zero-order chi connectivity index (χ0) is 19.7. The van der Waals surface area contributed by atoms with Gasteiger partial charge >= 0.3 is 0 Å². The lowest BCUT2D eigenvalue weighted by molar-refractivity contribution is -0.385. The van der Waals surface area contributed by atoms with Gasteiger partial charge in [0.25, 0.3) is 11.6 Å². The predicted molar refractivity (Wildman–Crippen MR) is 104 cm³/mol. The lowest BCUT2D eigenvalue weighted by Crippen LogP contribution is -2.14. The number of benzene rings is 2. The molecule has 4 aromatic rings.